The summed E-state index contributed by atoms with van der Waals surface area (Å²) in [4.78, 5) is 13.5. The summed E-state index contributed by atoms with van der Waals surface area (Å²) < 4.78 is 2.13. The maximum atomic E-state index is 4.57. The monoisotopic (exact) mass is 248 g/mol. The van der Waals surface area contributed by atoms with Gasteiger partial charge in [0.05, 0.1) is 0 Å². The quantitative estimate of drug-likeness (QED) is 0.850. The molecule has 0 saturated carbocycles. The lowest BCUT2D eigenvalue weighted by Crippen LogP contribution is -2.23. The highest BCUT2D eigenvalue weighted by Crippen LogP contribution is 2.27. The van der Waals surface area contributed by atoms with Crippen LogP contribution in [-0.4, -0.2) is 33.6 Å². The molecule has 98 valence electrons. The largest absolute Gasteiger partial charge is 0.371 e. The van der Waals surface area contributed by atoms with E-state index >= 15 is 0 Å². The van der Waals surface area contributed by atoms with E-state index in [0.29, 0.717) is 5.95 Å². The first-order valence-corrected chi connectivity index (χ1v) is 6.01. The highest BCUT2D eigenvalue weighted by Gasteiger charge is 2.22. The van der Waals surface area contributed by atoms with Crippen molar-refractivity contribution in [2.45, 2.75) is 33.2 Å². The fourth-order valence-corrected chi connectivity index (χ4v) is 2.16. The van der Waals surface area contributed by atoms with Crippen LogP contribution in [0.1, 0.15) is 26.6 Å². The lowest BCUT2D eigenvalue weighted by atomic mass is 10.1. The summed E-state index contributed by atoms with van der Waals surface area (Å²) in [6.07, 6.45) is 0. The Balaban J connectivity index is 2.84. The van der Waals surface area contributed by atoms with Gasteiger partial charge >= 0.3 is 0 Å². The van der Waals surface area contributed by atoms with Crippen molar-refractivity contribution in [1.82, 2.24) is 19.5 Å². The molecule has 0 unspecified atom stereocenters. The minimum atomic E-state index is -0.0663. The van der Waals surface area contributed by atoms with Gasteiger partial charge in [0.1, 0.15) is 5.82 Å². The van der Waals surface area contributed by atoms with Crippen LogP contribution in [0.2, 0.25) is 0 Å². The number of nitrogens with one attached hydrogen (secondary N) is 2. The van der Waals surface area contributed by atoms with Crippen LogP contribution < -0.4 is 10.6 Å². The van der Waals surface area contributed by atoms with Gasteiger partial charge in [0.15, 0.2) is 17.0 Å². The zero-order valence-electron chi connectivity index (χ0n) is 11.8. The molecule has 0 spiro atoms. The molecule has 0 radical (unpaired) electrons. The Kier molecular flexibility index (Phi) is 2.88. The van der Waals surface area contributed by atoms with Crippen LogP contribution in [0.4, 0.5) is 11.8 Å². The van der Waals surface area contributed by atoms with Crippen LogP contribution in [0.25, 0.3) is 11.2 Å². The summed E-state index contributed by atoms with van der Waals surface area (Å²) >= 11 is 0. The van der Waals surface area contributed by atoms with Crippen molar-refractivity contribution >= 4 is 22.9 Å². The van der Waals surface area contributed by atoms with Gasteiger partial charge in [0.25, 0.3) is 0 Å². The Hall–Kier alpha value is -1.85. The Labute approximate surface area is 107 Å². The zero-order chi connectivity index (χ0) is 13.5. The third-order valence-corrected chi connectivity index (χ3v) is 2.81. The van der Waals surface area contributed by atoms with Gasteiger partial charge in [-0.15, -0.1) is 0 Å². The van der Waals surface area contributed by atoms with E-state index in [2.05, 4.69) is 50.9 Å². The van der Waals surface area contributed by atoms with E-state index in [9.17, 15) is 0 Å². The van der Waals surface area contributed by atoms with E-state index < -0.39 is 0 Å². The lowest BCUT2D eigenvalue weighted by Gasteiger charge is -2.23. The van der Waals surface area contributed by atoms with Gasteiger partial charge in [-0.1, -0.05) is 0 Å². The van der Waals surface area contributed by atoms with Crippen LogP contribution in [0.5, 0.6) is 0 Å². The molecule has 6 heteroatoms. The number of nitrogens with zero attached hydrogens (tertiary/aromatic N) is 4. The number of aryl methyl sites for hydroxylation is 1. The van der Waals surface area contributed by atoms with Gasteiger partial charge < -0.3 is 15.2 Å². The maximum absolute atomic E-state index is 4.57. The Bertz CT molecular complexity index is 578. The molecule has 2 aromatic heterocycles. The van der Waals surface area contributed by atoms with Crippen molar-refractivity contribution in [3.8, 4) is 0 Å². The fourth-order valence-electron chi connectivity index (χ4n) is 2.16. The van der Waals surface area contributed by atoms with Crippen molar-refractivity contribution in [2.75, 3.05) is 24.7 Å². The predicted octanol–water partition coefficient (Wildman–Crippen LogP) is 1.97. The third kappa shape index (κ3) is 1.87. The number of rotatable bonds is 2. The van der Waals surface area contributed by atoms with Crippen LogP contribution in [0, 0.1) is 6.92 Å². The van der Waals surface area contributed by atoms with Crippen molar-refractivity contribution in [1.29, 1.82) is 0 Å². The van der Waals surface area contributed by atoms with Crippen LogP contribution in [0.3, 0.4) is 0 Å². The molecule has 2 rings (SSSR count). The van der Waals surface area contributed by atoms with Crippen molar-refractivity contribution in [3.63, 3.8) is 0 Å². The van der Waals surface area contributed by atoms with Crippen LogP contribution in [0.15, 0.2) is 0 Å². The number of aromatic nitrogens is 4. The number of imidazole rings is 1. The summed E-state index contributed by atoms with van der Waals surface area (Å²) in [5, 5.41) is 6.05. The molecule has 6 nitrogen and oxygen atoms in total. The molecule has 0 aliphatic rings. The van der Waals surface area contributed by atoms with E-state index in [4.69, 9.17) is 0 Å². The second kappa shape index (κ2) is 4.12. The molecule has 0 atom stereocenters. The zero-order valence-corrected chi connectivity index (χ0v) is 11.8. The van der Waals surface area contributed by atoms with Crippen molar-refractivity contribution < 1.29 is 0 Å². The SMILES string of the molecule is CNc1nc(NC)c2nc(C)n(C(C)(C)C)c2n1. The molecule has 0 aliphatic carbocycles. The molecule has 2 heterocycles. The molecule has 2 aromatic rings. The van der Waals surface area contributed by atoms with E-state index in [1.165, 1.54) is 0 Å². The van der Waals surface area contributed by atoms with Gasteiger partial charge in [-0.3, -0.25) is 0 Å². The molecular formula is C12H20N6. The van der Waals surface area contributed by atoms with Crippen molar-refractivity contribution in [3.05, 3.63) is 5.82 Å². The van der Waals surface area contributed by atoms with E-state index in [1.54, 1.807) is 0 Å². The summed E-state index contributed by atoms with van der Waals surface area (Å²) in [5.41, 5.74) is 1.59. The first-order valence-electron chi connectivity index (χ1n) is 6.01. The first kappa shape index (κ1) is 12.6. The molecule has 18 heavy (non-hydrogen) atoms. The average molecular weight is 248 g/mol. The molecule has 0 saturated heterocycles. The summed E-state index contributed by atoms with van der Waals surface area (Å²) in [6, 6.07) is 0. The van der Waals surface area contributed by atoms with Gasteiger partial charge in [-0.2, -0.15) is 9.97 Å². The van der Waals surface area contributed by atoms with Gasteiger partial charge in [0.2, 0.25) is 5.95 Å². The number of hydrogen-bond donors (Lipinski definition) is 2. The second-order valence-electron chi connectivity index (χ2n) is 5.23. The minimum Gasteiger partial charge on any atom is -0.371 e. The van der Waals surface area contributed by atoms with Crippen LogP contribution in [-0.2, 0) is 5.54 Å². The lowest BCUT2D eigenvalue weighted by molar-refractivity contribution is 0.397. The standard InChI is InChI=1S/C12H20N6/c1-7-15-8-9(13-5)16-11(14-6)17-10(8)18(7)12(2,3)4/h1-6H3,(H2,13,14,16,17). The molecular weight excluding hydrogens is 228 g/mol. The smallest absolute Gasteiger partial charge is 0.226 e. The van der Waals surface area contributed by atoms with Crippen molar-refractivity contribution in [2.24, 2.45) is 0 Å². The molecule has 0 aliphatic heterocycles. The van der Waals surface area contributed by atoms with Crippen LogP contribution >= 0.6 is 0 Å². The molecule has 0 amide bonds. The normalized spacial score (nSPS) is 11.9. The molecule has 0 fully saturated rings. The average Bonchev–Trinajstić information content (AvgIpc) is 2.62. The van der Waals surface area contributed by atoms with Gasteiger partial charge in [-0.05, 0) is 27.7 Å². The highest BCUT2D eigenvalue weighted by atomic mass is 15.2. The van der Waals surface area contributed by atoms with Gasteiger partial charge in [-0.25, -0.2) is 4.98 Å². The number of anilines is 2. The van der Waals surface area contributed by atoms with E-state index in [-0.39, 0.29) is 5.54 Å². The Morgan fingerprint density at radius 3 is 2.17 bits per heavy atom. The fraction of sp³-hybridized carbons (Fsp3) is 0.583. The minimum absolute atomic E-state index is 0.0663. The predicted molar refractivity (Wildman–Crippen MR) is 74.1 cm³/mol. The highest BCUT2D eigenvalue weighted by molar-refractivity contribution is 5.85. The summed E-state index contributed by atoms with van der Waals surface area (Å²) in [5.74, 6) is 2.28. The Morgan fingerprint density at radius 1 is 1.00 bits per heavy atom. The van der Waals surface area contributed by atoms with E-state index in [0.717, 1.165) is 22.8 Å². The number of fused-ring (bicyclic) bond motifs is 1. The summed E-state index contributed by atoms with van der Waals surface area (Å²) in [6.45, 7) is 8.41. The topological polar surface area (TPSA) is 67.7 Å². The van der Waals surface area contributed by atoms with E-state index in [1.807, 2.05) is 21.0 Å². The first-order chi connectivity index (χ1) is 8.38. The number of hydrogen-bond acceptors (Lipinski definition) is 5. The second-order valence-corrected chi connectivity index (χ2v) is 5.23. The molecule has 0 bridgehead atoms. The molecule has 2 N–H and O–H groups in total. The third-order valence-electron chi connectivity index (χ3n) is 2.81. The molecule has 0 aromatic carbocycles. The Morgan fingerprint density at radius 2 is 1.67 bits per heavy atom. The van der Waals surface area contributed by atoms with Gasteiger partial charge in [0, 0.05) is 19.6 Å². The maximum Gasteiger partial charge on any atom is 0.226 e. The summed E-state index contributed by atoms with van der Waals surface area (Å²) in [7, 11) is 3.65.